The van der Waals surface area contributed by atoms with E-state index in [0.717, 1.165) is 19.5 Å². The predicted octanol–water partition coefficient (Wildman–Crippen LogP) is 0.553. The van der Waals surface area contributed by atoms with Crippen molar-refractivity contribution in [3.8, 4) is 0 Å². The Hall–Kier alpha value is -0.120. The number of nitrogens with two attached hydrogens (primary N) is 1. The number of hydrogen-bond acceptors (Lipinski definition) is 3. The summed E-state index contributed by atoms with van der Waals surface area (Å²) in [6.07, 6.45) is 6.51. The molecule has 14 heavy (non-hydrogen) atoms. The number of nitrogens with zero attached hydrogens (tertiary/aromatic N) is 1. The Balaban J connectivity index is 1.70. The van der Waals surface area contributed by atoms with Crippen LogP contribution in [0.15, 0.2) is 0 Å². The van der Waals surface area contributed by atoms with Gasteiger partial charge in [0.1, 0.15) is 0 Å². The molecule has 0 bridgehead atoms. The molecule has 2 rings (SSSR count). The highest BCUT2D eigenvalue weighted by Crippen LogP contribution is 2.17. The fourth-order valence-electron chi connectivity index (χ4n) is 2.54. The largest absolute Gasteiger partial charge is 0.324 e. The summed E-state index contributed by atoms with van der Waals surface area (Å²) in [4.78, 5) is 2.58. The van der Waals surface area contributed by atoms with E-state index in [1.54, 1.807) is 0 Å². The highest BCUT2D eigenvalue weighted by Gasteiger charge is 2.29. The Morgan fingerprint density at radius 1 is 1.21 bits per heavy atom. The maximum absolute atomic E-state index is 6.29. The van der Waals surface area contributed by atoms with Crippen LogP contribution in [0.2, 0.25) is 0 Å². The van der Waals surface area contributed by atoms with Gasteiger partial charge in [0.15, 0.2) is 0 Å². The molecule has 2 saturated heterocycles. The molecule has 2 fully saturated rings. The van der Waals surface area contributed by atoms with Crippen LogP contribution in [0, 0.1) is 0 Å². The molecule has 0 aromatic rings. The number of rotatable bonds is 3. The van der Waals surface area contributed by atoms with Crippen molar-refractivity contribution >= 4 is 0 Å². The molecule has 1 atom stereocenters. The summed E-state index contributed by atoms with van der Waals surface area (Å²) in [5, 5.41) is 3.36. The van der Waals surface area contributed by atoms with Gasteiger partial charge in [-0.25, -0.2) is 0 Å². The zero-order valence-electron chi connectivity index (χ0n) is 9.10. The summed E-state index contributed by atoms with van der Waals surface area (Å²) >= 11 is 0. The van der Waals surface area contributed by atoms with Gasteiger partial charge in [-0.3, -0.25) is 0 Å². The third kappa shape index (κ3) is 2.69. The number of hydrogen-bond donors (Lipinski definition) is 2. The summed E-state index contributed by atoms with van der Waals surface area (Å²) in [5.74, 6) is 0. The van der Waals surface area contributed by atoms with Crippen LogP contribution in [0.4, 0.5) is 0 Å². The molecular formula is C11H23N3. The average Bonchev–Trinajstić information content (AvgIpc) is 2.65. The Morgan fingerprint density at radius 2 is 2.00 bits per heavy atom. The lowest BCUT2D eigenvalue weighted by Gasteiger charge is -2.30. The molecule has 2 aliphatic heterocycles. The van der Waals surface area contributed by atoms with E-state index in [2.05, 4.69) is 10.2 Å². The summed E-state index contributed by atoms with van der Waals surface area (Å²) in [6.45, 7) is 5.92. The highest BCUT2D eigenvalue weighted by molar-refractivity contribution is 4.93. The Bertz CT molecular complexity index is 169. The van der Waals surface area contributed by atoms with Crippen molar-refractivity contribution in [3.05, 3.63) is 0 Å². The molecule has 0 amide bonds. The number of likely N-dealkylation sites (tertiary alicyclic amines) is 1. The van der Waals surface area contributed by atoms with Crippen molar-refractivity contribution in [3.63, 3.8) is 0 Å². The molecule has 1 unspecified atom stereocenters. The lowest BCUT2D eigenvalue weighted by molar-refractivity contribution is 0.207. The predicted molar refractivity (Wildman–Crippen MR) is 59.3 cm³/mol. The van der Waals surface area contributed by atoms with Crippen LogP contribution in [0.3, 0.4) is 0 Å². The van der Waals surface area contributed by atoms with Gasteiger partial charge in [0, 0.05) is 12.1 Å². The Morgan fingerprint density at radius 3 is 2.64 bits per heavy atom. The summed E-state index contributed by atoms with van der Waals surface area (Å²) in [6, 6.07) is 0. The van der Waals surface area contributed by atoms with E-state index < -0.39 is 0 Å². The van der Waals surface area contributed by atoms with Crippen molar-refractivity contribution in [1.82, 2.24) is 10.2 Å². The molecule has 3 nitrogen and oxygen atoms in total. The molecule has 82 valence electrons. The molecule has 0 aromatic carbocycles. The molecule has 0 saturated carbocycles. The first-order chi connectivity index (χ1) is 6.79. The Kier molecular flexibility index (Phi) is 3.42. The molecule has 0 spiro atoms. The second-order valence-corrected chi connectivity index (χ2v) is 4.94. The average molecular weight is 197 g/mol. The second kappa shape index (κ2) is 4.60. The van der Waals surface area contributed by atoms with E-state index in [1.807, 2.05) is 0 Å². The van der Waals surface area contributed by atoms with E-state index in [0.29, 0.717) is 0 Å². The quantitative estimate of drug-likeness (QED) is 0.694. The van der Waals surface area contributed by atoms with Gasteiger partial charge in [-0.2, -0.15) is 0 Å². The first kappa shape index (κ1) is 10.4. The molecule has 2 heterocycles. The van der Waals surface area contributed by atoms with Crippen LogP contribution in [-0.4, -0.2) is 43.2 Å². The van der Waals surface area contributed by atoms with Crippen LogP contribution in [0.25, 0.3) is 0 Å². The summed E-state index contributed by atoms with van der Waals surface area (Å²) in [5.41, 5.74) is 6.38. The van der Waals surface area contributed by atoms with Gasteiger partial charge in [0.2, 0.25) is 0 Å². The van der Waals surface area contributed by atoms with Crippen molar-refractivity contribution in [2.75, 3.05) is 32.7 Å². The molecule has 0 radical (unpaired) electrons. The van der Waals surface area contributed by atoms with Gasteiger partial charge in [-0.05, 0) is 51.9 Å². The molecule has 2 aliphatic rings. The zero-order valence-corrected chi connectivity index (χ0v) is 9.10. The second-order valence-electron chi connectivity index (χ2n) is 4.94. The first-order valence-electron chi connectivity index (χ1n) is 6.01. The van der Waals surface area contributed by atoms with Gasteiger partial charge in [-0.15, -0.1) is 0 Å². The summed E-state index contributed by atoms with van der Waals surface area (Å²) in [7, 11) is 0. The standard InChI is InChI=1S/C11H23N3/c12-11(4-6-13-10-11)5-9-14-7-2-1-3-8-14/h13H,1-10,12H2. The van der Waals surface area contributed by atoms with Crippen LogP contribution < -0.4 is 11.1 Å². The third-order valence-corrected chi connectivity index (χ3v) is 3.65. The van der Waals surface area contributed by atoms with E-state index in [1.165, 1.54) is 45.3 Å². The third-order valence-electron chi connectivity index (χ3n) is 3.65. The van der Waals surface area contributed by atoms with E-state index in [-0.39, 0.29) is 5.54 Å². The van der Waals surface area contributed by atoms with Gasteiger partial charge < -0.3 is 16.0 Å². The molecule has 0 aromatic heterocycles. The van der Waals surface area contributed by atoms with Crippen LogP contribution in [-0.2, 0) is 0 Å². The van der Waals surface area contributed by atoms with Crippen LogP contribution in [0.1, 0.15) is 32.1 Å². The van der Waals surface area contributed by atoms with E-state index in [4.69, 9.17) is 5.73 Å². The van der Waals surface area contributed by atoms with Gasteiger partial charge in [0.05, 0.1) is 0 Å². The normalized spacial score (nSPS) is 34.9. The van der Waals surface area contributed by atoms with Crippen molar-refractivity contribution < 1.29 is 0 Å². The minimum Gasteiger partial charge on any atom is -0.324 e. The zero-order chi connectivity index (χ0) is 9.86. The van der Waals surface area contributed by atoms with Crippen molar-refractivity contribution in [2.45, 2.75) is 37.6 Å². The lowest BCUT2D eigenvalue weighted by Crippen LogP contribution is -2.45. The molecular weight excluding hydrogens is 174 g/mol. The van der Waals surface area contributed by atoms with Gasteiger partial charge in [-0.1, -0.05) is 6.42 Å². The van der Waals surface area contributed by atoms with Crippen LogP contribution in [0.5, 0.6) is 0 Å². The lowest BCUT2D eigenvalue weighted by atomic mass is 9.95. The molecule has 3 N–H and O–H groups in total. The van der Waals surface area contributed by atoms with Crippen molar-refractivity contribution in [1.29, 1.82) is 0 Å². The summed E-state index contributed by atoms with van der Waals surface area (Å²) < 4.78 is 0. The molecule has 0 aliphatic carbocycles. The fraction of sp³-hybridized carbons (Fsp3) is 1.00. The number of nitrogens with one attached hydrogen (secondary N) is 1. The van der Waals surface area contributed by atoms with Crippen LogP contribution >= 0.6 is 0 Å². The van der Waals surface area contributed by atoms with Gasteiger partial charge in [0.25, 0.3) is 0 Å². The minimum absolute atomic E-state index is 0.0947. The maximum atomic E-state index is 6.29. The fourth-order valence-corrected chi connectivity index (χ4v) is 2.54. The molecule has 3 heteroatoms. The van der Waals surface area contributed by atoms with E-state index >= 15 is 0 Å². The van der Waals surface area contributed by atoms with E-state index in [9.17, 15) is 0 Å². The smallest absolute Gasteiger partial charge is 0.0305 e. The number of piperidine rings is 1. The highest BCUT2D eigenvalue weighted by atomic mass is 15.1. The SMILES string of the molecule is NC1(CCN2CCCCC2)CCNC1. The van der Waals surface area contributed by atoms with Gasteiger partial charge >= 0.3 is 0 Å². The van der Waals surface area contributed by atoms with Crippen molar-refractivity contribution in [2.24, 2.45) is 5.73 Å². The monoisotopic (exact) mass is 197 g/mol. The minimum atomic E-state index is 0.0947. The topological polar surface area (TPSA) is 41.3 Å². The maximum Gasteiger partial charge on any atom is 0.0305 e. The first-order valence-corrected chi connectivity index (χ1v) is 6.01. The Labute approximate surface area is 87.0 Å².